The monoisotopic (exact) mass is 426 g/mol. The van der Waals surface area contributed by atoms with Gasteiger partial charge in [0.15, 0.2) is 0 Å². The first-order chi connectivity index (χ1) is 15.0. The zero-order valence-corrected chi connectivity index (χ0v) is 18.5. The first-order valence-electron chi connectivity index (χ1n) is 11.4. The molecular formula is C24H30N2O5. The van der Waals surface area contributed by atoms with E-state index in [2.05, 4.69) is 11.0 Å². The van der Waals surface area contributed by atoms with E-state index in [9.17, 15) is 9.59 Å². The van der Waals surface area contributed by atoms with Crippen LogP contribution in [0.2, 0.25) is 0 Å². The van der Waals surface area contributed by atoms with Crippen LogP contribution in [0.3, 0.4) is 0 Å². The number of hydrogen-bond donors (Lipinski definition) is 0. The molecule has 1 aromatic rings. The second kappa shape index (κ2) is 6.15. The van der Waals surface area contributed by atoms with Crippen LogP contribution < -0.4 is 9.64 Å². The molecule has 3 heterocycles. The molecule has 3 spiro atoms. The highest BCUT2D eigenvalue weighted by molar-refractivity contribution is 5.99. The van der Waals surface area contributed by atoms with Crippen molar-refractivity contribution in [3.63, 3.8) is 0 Å². The summed E-state index contributed by atoms with van der Waals surface area (Å²) in [6.45, 7) is 2.08. The summed E-state index contributed by atoms with van der Waals surface area (Å²) in [4.78, 5) is 31.3. The van der Waals surface area contributed by atoms with Crippen molar-refractivity contribution in [1.82, 2.24) is 4.90 Å². The molecule has 3 saturated carbocycles. The minimum atomic E-state index is -0.692. The SMILES string of the molecule is COC(=O)[C@@H]1CC23CCCN4CC[C@@]5(c6cccc(OC)c6N(C(=O)OC)C15CC2)[C@@H]43. The first-order valence-corrected chi connectivity index (χ1v) is 11.4. The van der Waals surface area contributed by atoms with Crippen molar-refractivity contribution in [2.75, 3.05) is 39.3 Å². The third-order valence-electron chi connectivity index (χ3n) is 9.45. The van der Waals surface area contributed by atoms with Crippen molar-refractivity contribution >= 4 is 17.7 Å². The van der Waals surface area contributed by atoms with Crippen LogP contribution in [0.4, 0.5) is 10.5 Å². The van der Waals surface area contributed by atoms with Gasteiger partial charge >= 0.3 is 12.1 Å². The number of benzene rings is 1. The lowest BCUT2D eigenvalue weighted by molar-refractivity contribution is -0.174. The van der Waals surface area contributed by atoms with Crippen LogP contribution in [-0.4, -0.2) is 63.0 Å². The molecule has 0 aromatic heterocycles. The van der Waals surface area contributed by atoms with Crippen LogP contribution in [0, 0.1) is 11.3 Å². The van der Waals surface area contributed by atoms with E-state index in [4.69, 9.17) is 14.2 Å². The molecule has 2 saturated heterocycles. The molecule has 31 heavy (non-hydrogen) atoms. The third-order valence-corrected chi connectivity index (χ3v) is 9.45. The van der Waals surface area contributed by atoms with Crippen molar-refractivity contribution < 1.29 is 23.8 Å². The highest BCUT2D eigenvalue weighted by Gasteiger charge is 2.82. The summed E-state index contributed by atoms with van der Waals surface area (Å²) in [5.41, 5.74) is 1.01. The maximum absolute atomic E-state index is 13.5. The predicted molar refractivity (Wildman–Crippen MR) is 113 cm³/mol. The summed E-state index contributed by atoms with van der Waals surface area (Å²) in [6.07, 6.45) is 5.39. The zero-order chi connectivity index (χ0) is 21.6. The van der Waals surface area contributed by atoms with E-state index in [1.54, 1.807) is 7.11 Å². The van der Waals surface area contributed by atoms with Crippen LogP contribution in [-0.2, 0) is 19.7 Å². The average molecular weight is 427 g/mol. The summed E-state index contributed by atoms with van der Waals surface area (Å²) in [6, 6.07) is 6.41. The van der Waals surface area contributed by atoms with Gasteiger partial charge in [-0.3, -0.25) is 14.6 Å². The van der Waals surface area contributed by atoms with E-state index in [1.807, 2.05) is 17.0 Å². The van der Waals surface area contributed by atoms with Gasteiger partial charge in [0.1, 0.15) is 5.75 Å². The third kappa shape index (κ3) is 1.92. The fraction of sp³-hybridized carbons (Fsp3) is 0.667. The normalized spacial score (nSPS) is 39.5. The molecule has 1 aromatic carbocycles. The highest BCUT2D eigenvalue weighted by Crippen LogP contribution is 2.76. The van der Waals surface area contributed by atoms with Crippen molar-refractivity contribution in [3.05, 3.63) is 23.8 Å². The van der Waals surface area contributed by atoms with Gasteiger partial charge < -0.3 is 14.2 Å². The number of hydrogen-bond acceptors (Lipinski definition) is 6. The first kappa shape index (κ1) is 19.4. The number of amides is 1. The Bertz CT molecular complexity index is 981. The fourth-order valence-corrected chi connectivity index (χ4v) is 8.80. The summed E-state index contributed by atoms with van der Waals surface area (Å²) in [7, 11) is 4.53. The largest absolute Gasteiger partial charge is 0.495 e. The van der Waals surface area contributed by atoms with E-state index in [1.165, 1.54) is 20.6 Å². The smallest absolute Gasteiger partial charge is 0.414 e. The number of ether oxygens (including phenoxy) is 3. The Labute approximate surface area is 182 Å². The molecule has 5 atom stereocenters. The molecule has 6 aliphatic rings. The number of esters is 1. The van der Waals surface area contributed by atoms with Crippen molar-refractivity contribution in [2.45, 2.75) is 55.5 Å². The molecule has 166 valence electrons. The van der Waals surface area contributed by atoms with Gasteiger partial charge in [-0.05, 0) is 68.7 Å². The van der Waals surface area contributed by atoms with Gasteiger partial charge in [-0.25, -0.2) is 4.79 Å². The molecule has 0 N–H and O–H groups in total. The Hall–Kier alpha value is -2.28. The summed E-state index contributed by atoms with van der Waals surface area (Å²) in [5, 5.41) is 0. The second-order valence-corrected chi connectivity index (χ2v) is 9.99. The molecule has 5 fully saturated rings. The van der Waals surface area contributed by atoms with Crippen LogP contribution in [0.1, 0.15) is 44.1 Å². The van der Waals surface area contributed by atoms with Gasteiger partial charge in [-0.2, -0.15) is 0 Å². The molecule has 2 bridgehead atoms. The summed E-state index contributed by atoms with van der Waals surface area (Å²) < 4.78 is 16.5. The van der Waals surface area contributed by atoms with E-state index in [-0.39, 0.29) is 22.7 Å². The topological polar surface area (TPSA) is 68.3 Å². The minimum Gasteiger partial charge on any atom is -0.495 e. The number of piperidine rings is 1. The van der Waals surface area contributed by atoms with Crippen LogP contribution in [0.15, 0.2) is 18.2 Å². The summed E-state index contributed by atoms with van der Waals surface area (Å²) in [5.74, 6) is 0.0785. The van der Waals surface area contributed by atoms with Crippen molar-refractivity contribution in [3.8, 4) is 5.75 Å². The Morgan fingerprint density at radius 2 is 1.87 bits per heavy atom. The maximum Gasteiger partial charge on any atom is 0.414 e. The zero-order valence-electron chi connectivity index (χ0n) is 18.5. The minimum absolute atomic E-state index is 0.0852. The molecule has 3 aliphatic carbocycles. The van der Waals surface area contributed by atoms with E-state index < -0.39 is 11.6 Å². The lowest BCUT2D eigenvalue weighted by Crippen LogP contribution is -2.79. The van der Waals surface area contributed by atoms with Gasteiger partial charge in [0.05, 0.1) is 38.5 Å². The van der Waals surface area contributed by atoms with Crippen LogP contribution in [0.25, 0.3) is 0 Å². The number of nitrogens with zero attached hydrogens (tertiary/aromatic N) is 2. The molecule has 7 rings (SSSR count). The number of carbonyl (C=O) groups excluding carboxylic acids is 2. The average Bonchev–Trinajstić information content (AvgIpc) is 3.34. The van der Waals surface area contributed by atoms with Crippen LogP contribution >= 0.6 is 0 Å². The van der Waals surface area contributed by atoms with E-state index in [0.29, 0.717) is 11.8 Å². The molecule has 2 unspecified atom stereocenters. The lowest BCUT2D eigenvalue weighted by atomic mass is 9.38. The van der Waals surface area contributed by atoms with Gasteiger partial charge in [-0.1, -0.05) is 12.1 Å². The Balaban J connectivity index is 1.71. The number of methoxy groups -OCH3 is 3. The molecule has 7 nitrogen and oxygen atoms in total. The number of fused-ring (bicyclic) bond motifs is 3. The van der Waals surface area contributed by atoms with Gasteiger partial charge in [-0.15, -0.1) is 0 Å². The Kier molecular flexibility index (Phi) is 3.85. The maximum atomic E-state index is 13.5. The Morgan fingerprint density at radius 1 is 1.03 bits per heavy atom. The number of anilines is 1. The molecule has 3 aliphatic heterocycles. The number of carbonyl (C=O) groups is 2. The van der Waals surface area contributed by atoms with Gasteiger partial charge in [0, 0.05) is 11.5 Å². The van der Waals surface area contributed by atoms with Gasteiger partial charge in [0.25, 0.3) is 0 Å². The molecular weight excluding hydrogens is 396 g/mol. The van der Waals surface area contributed by atoms with Crippen molar-refractivity contribution in [1.29, 1.82) is 0 Å². The number of rotatable bonds is 2. The predicted octanol–water partition coefficient (Wildman–Crippen LogP) is 3.10. The van der Waals surface area contributed by atoms with Crippen molar-refractivity contribution in [2.24, 2.45) is 11.3 Å². The lowest BCUT2D eigenvalue weighted by Gasteiger charge is -2.69. The summed E-state index contributed by atoms with van der Waals surface area (Å²) >= 11 is 0. The quantitative estimate of drug-likeness (QED) is 0.677. The molecule has 1 amide bonds. The number of para-hydroxylation sites is 1. The van der Waals surface area contributed by atoms with E-state index in [0.717, 1.165) is 56.4 Å². The highest BCUT2D eigenvalue weighted by atomic mass is 16.5. The Morgan fingerprint density at radius 3 is 2.61 bits per heavy atom. The molecule has 0 radical (unpaired) electrons. The van der Waals surface area contributed by atoms with E-state index >= 15 is 0 Å². The molecule has 7 heteroatoms. The van der Waals surface area contributed by atoms with Crippen LogP contribution in [0.5, 0.6) is 5.75 Å². The fourth-order valence-electron chi connectivity index (χ4n) is 8.80. The second-order valence-electron chi connectivity index (χ2n) is 9.99. The standard InChI is InChI=1S/C24H30N2O5/c1-29-17-7-4-6-15-18(17)26(21(28)31-3)24-10-9-22(14-16(24)19(27)30-2)8-5-12-25-13-11-23(15,24)20(22)25/h4,6-7,16,20H,5,8-14H2,1-3H3/t16-,20-,22?,23+,24?/m0/s1. The van der Waals surface area contributed by atoms with Gasteiger partial charge in [0.2, 0.25) is 0 Å².